The van der Waals surface area contributed by atoms with E-state index in [1.54, 1.807) is 7.11 Å². The minimum atomic E-state index is -0.798. The second-order valence-corrected chi connectivity index (χ2v) is 7.20. The highest BCUT2D eigenvalue weighted by molar-refractivity contribution is 5.74. The van der Waals surface area contributed by atoms with Crippen LogP contribution in [-0.4, -0.2) is 67.4 Å². The summed E-state index contributed by atoms with van der Waals surface area (Å²) in [5.41, 5.74) is 0.218. The summed E-state index contributed by atoms with van der Waals surface area (Å²) in [6.07, 6.45) is 6.18. The lowest BCUT2D eigenvalue weighted by atomic mass is 9.67. The van der Waals surface area contributed by atoms with Gasteiger partial charge in [-0.1, -0.05) is 13.3 Å². The van der Waals surface area contributed by atoms with Crippen molar-refractivity contribution in [1.29, 1.82) is 0 Å². The summed E-state index contributed by atoms with van der Waals surface area (Å²) < 4.78 is 5.17. The molecule has 2 amide bonds. The third-order valence-electron chi connectivity index (χ3n) is 5.58. The summed E-state index contributed by atoms with van der Waals surface area (Å²) in [5, 5.41) is 14.9. The first kappa shape index (κ1) is 19.0. The molecule has 0 aromatic rings. The number of methoxy groups -OCH3 is 1. The smallest absolute Gasteiger partial charge is 0.317 e. The molecule has 0 atom stereocenters. The molecule has 0 bridgehead atoms. The number of urea groups is 1. The van der Waals surface area contributed by atoms with Gasteiger partial charge in [0, 0.05) is 32.3 Å². The minimum absolute atomic E-state index is 0.0715. The maximum absolute atomic E-state index is 12.1. The summed E-state index contributed by atoms with van der Waals surface area (Å²) in [5.74, 6) is -0.798. The molecule has 3 N–H and O–H groups in total. The van der Waals surface area contributed by atoms with Crippen LogP contribution in [0.2, 0.25) is 0 Å². The predicted octanol–water partition coefficient (Wildman–Crippen LogP) is 1.43. The van der Waals surface area contributed by atoms with Crippen molar-refractivity contribution in [1.82, 2.24) is 15.5 Å². The van der Waals surface area contributed by atoms with Gasteiger partial charge in [-0.15, -0.1) is 0 Å². The summed E-state index contributed by atoms with van der Waals surface area (Å²) in [6.45, 7) is 4.21. The van der Waals surface area contributed by atoms with Crippen LogP contribution in [0.25, 0.3) is 0 Å². The lowest BCUT2D eigenvalue weighted by Crippen LogP contribution is -2.57. The Balaban J connectivity index is 1.64. The highest BCUT2D eigenvalue weighted by atomic mass is 16.5. The summed E-state index contributed by atoms with van der Waals surface area (Å²) in [6, 6.07) is 0.300. The van der Waals surface area contributed by atoms with Gasteiger partial charge in [-0.25, -0.2) is 4.79 Å². The number of carboxylic acid groups (broad SMARTS) is 1. The molecule has 0 heterocycles. The summed E-state index contributed by atoms with van der Waals surface area (Å²) in [7, 11) is 1.71. The quantitative estimate of drug-likeness (QED) is 0.559. The molecule has 0 unspecified atom stereocenters. The van der Waals surface area contributed by atoms with Gasteiger partial charge in [0.05, 0.1) is 6.54 Å². The van der Waals surface area contributed by atoms with E-state index < -0.39 is 5.97 Å². The highest BCUT2D eigenvalue weighted by Gasteiger charge is 2.38. The number of hydrogen-bond acceptors (Lipinski definition) is 4. The summed E-state index contributed by atoms with van der Waals surface area (Å²) >= 11 is 0. The molecular weight excluding hydrogens is 310 g/mol. The predicted molar refractivity (Wildman–Crippen MR) is 91.0 cm³/mol. The van der Waals surface area contributed by atoms with E-state index in [2.05, 4.69) is 10.6 Å². The fraction of sp³-hybridized carbons (Fsp3) is 0.882. The van der Waals surface area contributed by atoms with Crippen molar-refractivity contribution in [2.45, 2.75) is 57.5 Å². The Kier molecular flexibility index (Phi) is 6.86. The molecule has 2 fully saturated rings. The van der Waals surface area contributed by atoms with Crippen molar-refractivity contribution in [3.8, 4) is 0 Å². The van der Waals surface area contributed by atoms with E-state index in [0.29, 0.717) is 6.54 Å². The van der Waals surface area contributed by atoms with Crippen LogP contribution in [-0.2, 0) is 9.53 Å². The number of carbonyl (C=O) groups excluding carboxylic acids is 1. The van der Waals surface area contributed by atoms with Gasteiger partial charge in [-0.3, -0.25) is 9.69 Å². The zero-order valence-corrected chi connectivity index (χ0v) is 14.8. The van der Waals surface area contributed by atoms with Gasteiger partial charge in [0.1, 0.15) is 0 Å². The second-order valence-electron chi connectivity index (χ2n) is 7.20. The maximum Gasteiger partial charge on any atom is 0.317 e. The Morgan fingerprint density at radius 3 is 2.54 bits per heavy atom. The first-order valence-electron chi connectivity index (χ1n) is 8.97. The van der Waals surface area contributed by atoms with E-state index in [-0.39, 0.29) is 30.1 Å². The average Bonchev–Trinajstić information content (AvgIpc) is 2.47. The molecular formula is C17H31N3O4. The molecule has 0 radical (unpaired) electrons. The maximum atomic E-state index is 12.1. The zero-order valence-electron chi connectivity index (χ0n) is 14.8. The average molecular weight is 341 g/mol. The van der Waals surface area contributed by atoms with Crippen LogP contribution in [0.1, 0.15) is 45.4 Å². The third kappa shape index (κ3) is 5.08. The van der Waals surface area contributed by atoms with Gasteiger partial charge in [-0.05, 0) is 44.1 Å². The molecule has 2 aliphatic carbocycles. The Morgan fingerprint density at radius 1 is 1.33 bits per heavy atom. The van der Waals surface area contributed by atoms with E-state index in [9.17, 15) is 9.59 Å². The van der Waals surface area contributed by atoms with Crippen LogP contribution >= 0.6 is 0 Å². The Labute approximate surface area is 144 Å². The number of amides is 2. The van der Waals surface area contributed by atoms with Gasteiger partial charge in [-0.2, -0.15) is 0 Å². The van der Waals surface area contributed by atoms with Crippen LogP contribution in [0.5, 0.6) is 0 Å². The molecule has 2 saturated carbocycles. The van der Waals surface area contributed by atoms with Gasteiger partial charge in [0.15, 0.2) is 0 Å². The van der Waals surface area contributed by atoms with E-state index in [1.807, 2.05) is 11.8 Å². The fourth-order valence-electron chi connectivity index (χ4n) is 3.69. The van der Waals surface area contributed by atoms with Crippen molar-refractivity contribution < 1.29 is 19.4 Å². The molecule has 7 heteroatoms. The van der Waals surface area contributed by atoms with Crippen LogP contribution < -0.4 is 10.6 Å². The van der Waals surface area contributed by atoms with Crippen molar-refractivity contribution in [3.05, 3.63) is 0 Å². The van der Waals surface area contributed by atoms with E-state index in [1.165, 1.54) is 6.42 Å². The van der Waals surface area contributed by atoms with E-state index in [0.717, 1.165) is 45.3 Å². The molecule has 2 rings (SSSR count). The van der Waals surface area contributed by atoms with Gasteiger partial charge in [0.25, 0.3) is 0 Å². The fourth-order valence-corrected chi connectivity index (χ4v) is 3.69. The van der Waals surface area contributed by atoms with Gasteiger partial charge in [0.2, 0.25) is 0 Å². The first-order valence-corrected chi connectivity index (χ1v) is 8.97. The Hall–Kier alpha value is -1.34. The first-order chi connectivity index (χ1) is 11.5. The number of nitrogens with one attached hydrogen (secondary N) is 2. The van der Waals surface area contributed by atoms with Crippen molar-refractivity contribution in [2.24, 2.45) is 5.41 Å². The summed E-state index contributed by atoms with van der Waals surface area (Å²) in [4.78, 5) is 24.9. The minimum Gasteiger partial charge on any atom is -0.480 e. The van der Waals surface area contributed by atoms with Crippen LogP contribution in [0.4, 0.5) is 4.79 Å². The Bertz CT molecular complexity index is 434. The van der Waals surface area contributed by atoms with E-state index in [4.69, 9.17) is 9.84 Å². The number of carbonyl (C=O) groups is 2. The molecule has 138 valence electrons. The molecule has 24 heavy (non-hydrogen) atoms. The lowest BCUT2D eigenvalue weighted by Gasteiger charge is -2.43. The van der Waals surface area contributed by atoms with Crippen molar-refractivity contribution in [2.75, 3.05) is 33.4 Å². The zero-order chi connectivity index (χ0) is 17.6. The van der Waals surface area contributed by atoms with Gasteiger partial charge >= 0.3 is 12.0 Å². The monoisotopic (exact) mass is 341 g/mol. The lowest BCUT2D eigenvalue weighted by molar-refractivity contribution is -0.139. The number of hydrogen-bond donors (Lipinski definition) is 3. The number of rotatable bonds is 10. The standard InChI is InChI=1S/C17H31N3O4/c1-3-20(11-15(21)22)14-9-13(10-14)19-16(23)18-12-17(5-4-6-17)7-8-24-2/h13-14H,3-12H2,1-2H3,(H,21,22)(H2,18,19,23). The molecule has 0 spiro atoms. The van der Waals surface area contributed by atoms with Crippen LogP contribution in [0, 0.1) is 5.41 Å². The largest absolute Gasteiger partial charge is 0.480 e. The number of aliphatic carboxylic acids is 1. The molecule has 0 aromatic carbocycles. The second kappa shape index (κ2) is 8.67. The van der Waals surface area contributed by atoms with Crippen LogP contribution in [0.3, 0.4) is 0 Å². The molecule has 0 aromatic heterocycles. The van der Waals surface area contributed by atoms with Crippen molar-refractivity contribution >= 4 is 12.0 Å². The molecule has 0 aliphatic heterocycles. The normalized spacial score (nSPS) is 24.8. The Morgan fingerprint density at radius 2 is 2.04 bits per heavy atom. The number of likely N-dealkylation sites (N-methyl/N-ethyl adjacent to an activating group) is 1. The van der Waals surface area contributed by atoms with Crippen molar-refractivity contribution in [3.63, 3.8) is 0 Å². The molecule has 2 aliphatic rings. The number of nitrogens with zero attached hydrogens (tertiary/aromatic N) is 1. The van der Waals surface area contributed by atoms with Crippen LogP contribution in [0.15, 0.2) is 0 Å². The van der Waals surface area contributed by atoms with Gasteiger partial charge < -0.3 is 20.5 Å². The molecule has 7 nitrogen and oxygen atoms in total. The topological polar surface area (TPSA) is 90.9 Å². The molecule has 0 saturated heterocycles. The third-order valence-corrected chi connectivity index (χ3v) is 5.58. The SMILES string of the molecule is CCN(CC(=O)O)C1CC(NC(=O)NCC2(CCOC)CCC2)C1. The number of ether oxygens (including phenoxy) is 1. The highest BCUT2D eigenvalue weighted by Crippen LogP contribution is 2.43. The van der Waals surface area contributed by atoms with E-state index >= 15 is 0 Å². The number of carboxylic acids is 1.